The molecule has 6 nitrogen and oxygen atoms in total. The van der Waals surface area contributed by atoms with Crippen molar-refractivity contribution in [3.8, 4) is 0 Å². The van der Waals surface area contributed by atoms with Gasteiger partial charge < -0.3 is 25.4 Å². The molecular weight excluding hydrogens is 353 g/mol. The first-order valence-corrected chi connectivity index (χ1v) is 8.50. The minimum Gasteiger partial charge on any atom is -0.395 e. The van der Waals surface area contributed by atoms with Gasteiger partial charge in [-0.15, -0.1) is 0 Å². The highest BCUT2D eigenvalue weighted by atomic mass is 35.5. The molecule has 0 spiro atoms. The minimum atomic E-state index is -0.177. The number of urea groups is 1. The fraction of sp³-hybridized carbons (Fsp3) is 0.562. The molecule has 8 heteroatoms. The van der Waals surface area contributed by atoms with Gasteiger partial charge in [-0.25, -0.2) is 4.79 Å². The van der Waals surface area contributed by atoms with E-state index in [-0.39, 0.29) is 12.6 Å². The zero-order valence-corrected chi connectivity index (χ0v) is 15.7. The van der Waals surface area contributed by atoms with Crippen molar-refractivity contribution in [2.75, 3.05) is 53.6 Å². The molecule has 24 heavy (non-hydrogen) atoms. The number of rotatable bonds is 2. The third-order valence-corrected chi connectivity index (χ3v) is 3.64. The fourth-order valence-electron chi connectivity index (χ4n) is 1.55. The van der Waals surface area contributed by atoms with Crippen LogP contribution in [0.2, 0.25) is 10.0 Å². The molecule has 1 aromatic rings. The number of aliphatic hydroxyl groups excluding tert-OH is 1. The lowest BCUT2D eigenvalue weighted by molar-refractivity contribution is 0.151. The number of benzene rings is 1. The van der Waals surface area contributed by atoms with Gasteiger partial charge in [0.15, 0.2) is 0 Å². The van der Waals surface area contributed by atoms with Gasteiger partial charge in [-0.3, -0.25) is 0 Å². The molecule has 1 saturated heterocycles. The van der Waals surface area contributed by atoms with Crippen LogP contribution in [-0.2, 0) is 4.74 Å². The number of amides is 2. The Labute approximate surface area is 154 Å². The average Bonchev–Trinajstić information content (AvgIpc) is 2.91. The Bertz CT molecular complexity index is 410. The van der Waals surface area contributed by atoms with Crippen LogP contribution >= 0.6 is 23.2 Å². The predicted molar refractivity (Wildman–Crippen MR) is 98.9 cm³/mol. The van der Waals surface area contributed by atoms with Gasteiger partial charge in [0.05, 0.1) is 23.3 Å². The summed E-state index contributed by atoms with van der Waals surface area (Å²) in [6.45, 7) is 4.36. The van der Waals surface area contributed by atoms with Gasteiger partial charge in [0.2, 0.25) is 0 Å². The molecule has 0 radical (unpaired) electrons. The third kappa shape index (κ3) is 12.4. The van der Waals surface area contributed by atoms with Gasteiger partial charge in [-0.1, -0.05) is 35.3 Å². The number of hydrogen-bond acceptors (Lipinski definition) is 4. The standard InChI is InChI=1S/C6H4Cl2.C5H12N2O2.C5H11NO/c7-5-3-1-2-4-6(5)8;1-6-5(9)7(2)3-4-8;1-2-6-3-5-7-4-1/h1-4H;8H,3-4H2,1-2H3,(H,6,9);6H,1-5H2. The molecule has 3 N–H and O–H groups in total. The maximum atomic E-state index is 10.6. The van der Waals surface area contributed by atoms with Crippen LogP contribution in [-0.4, -0.2) is 69.6 Å². The Balaban J connectivity index is 0.000000332. The molecule has 0 unspecified atom stereocenters. The van der Waals surface area contributed by atoms with E-state index in [9.17, 15) is 4.79 Å². The summed E-state index contributed by atoms with van der Waals surface area (Å²) in [4.78, 5) is 12.0. The van der Waals surface area contributed by atoms with Gasteiger partial charge in [0.25, 0.3) is 0 Å². The smallest absolute Gasteiger partial charge is 0.316 e. The second-order valence-electron chi connectivity index (χ2n) is 4.83. The van der Waals surface area contributed by atoms with Crippen LogP contribution < -0.4 is 10.6 Å². The predicted octanol–water partition coefficient (Wildman–Crippen LogP) is 2.24. The molecular formula is C16H27Cl2N3O3. The first kappa shape index (κ1) is 22.9. The van der Waals surface area contributed by atoms with Crippen LogP contribution in [0.25, 0.3) is 0 Å². The largest absolute Gasteiger partial charge is 0.395 e. The molecule has 0 aliphatic carbocycles. The summed E-state index contributed by atoms with van der Waals surface area (Å²) >= 11 is 11.2. The molecule has 1 heterocycles. The summed E-state index contributed by atoms with van der Waals surface area (Å²) in [6, 6.07) is 7.01. The van der Waals surface area contributed by atoms with Crippen LogP contribution in [0.4, 0.5) is 4.79 Å². The number of carbonyl (C=O) groups excluding carboxylic acids is 1. The van der Waals surface area contributed by atoms with Crippen molar-refractivity contribution < 1.29 is 14.6 Å². The van der Waals surface area contributed by atoms with Gasteiger partial charge in [0, 0.05) is 33.8 Å². The summed E-state index contributed by atoms with van der Waals surface area (Å²) in [5.41, 5.74) is 0. The van der Waals surface area contributed by atoms with Crippen molar-refractivity contribution in [2.45, 2.75) is 6.42 Å². The Kier molecular flexibility index (Phi) is 14.8. The number of halogens is 2. The molecule has 0 atom stereocenters. The number of aliphatic hydroxyl groups is 1. The average molecular weight is 380 g/mol. The maximum absolute atomic E-state index is 10.6. The van der Waals surface area contributed by atoms with Crippen LogP contribution in [0, 0.1) is 0 Å². The van der Waals surface area contributed by atoms with Crippen molar-refractivity contribution in [1.29, 1.82) is 0 Å². The third-order valence-electron chi connectivity index (χ3n) is 2.89. The number of likely N-dealkylation sites (N-methyl/N-ethyl adjacent to an activating group) is 1. The van der Waals surface area contributed by atoms with E-state index in [1.54, 1.807) is 26.2 Å². The minimum absolute atomic E-state index is 0.00389. The van der Waals surface area contributed by atoms with Crippen LogP contribution in [0.5, 0.6) is 0 Å². The maximum Gasteiger partial charge on any atom is 0.316 e. The Morgan fingerprint density at radius 1 is 1.29 bits per heavy atom. The van der Waals surface area contributed by atoms with E-state index in [1.807, 2.05) is 12.1 Å². The molecule has 2 rings (SSSR count). The molecule has 0 bridgehead atoms. The highest BCUT2D eigenvalue weighted by Gasteiger charge is 2.02. The summed E-state index contributed by atoms with van der Waals surface area (Å²) < 4.78 is 5.13. The molecule has 1 fully saturated rings. The van der Waals surface area contributed by atoms with Crippen molar-refractivity contribution >= 4 is 29.2 Å². The molecule has 0 aromatic heterocycles. The Hall–Kier alpha value is -1.05. The normalized spacial score (nSPS) is 13.4. The zero-order chi connectivity index (χ0) is 18.2. The van der Waals surface area contributed by atoms with E-state index < -0.39 is 0 Å². The van der Waals surface area contributed by atoms with Gasteiger partial charge in [0.1, 0.15) is 0 Å². The van der Waals surface area contributed by atoms with Crippen molar-refractivity contribution in [3.05, 3.63) is 34.3 Å². The highest BCUT2D eigenvalue weighted by Crippen LogP contribution is 2.19. The van der Waals surface area contributed by atoms with Crippen LogP contribution in [0.15, 0.2) is 24.3 Å². The van der Waals surface area contributed by atoms with E-state index in [0.29, 0.717) is 16.6 Å². The van der Waals surface area contributed by atoms with Gasteiger partial charge in [-0.05, 0) is 25.1 Å². The Morgan fingerprint density at radius 2 is 1.92 bits per heavy atom. The molecule has 0 saturated carbocycles. The zero-order valence-electron chi connectivity index (χ0n) is 14.2. The molecule has 1 aromatic carbocycles. The van der Waals surface area contributed by atoms with E-state index in [4.69, 9.17) is 33.0 Å². The highest BCUT2D eigenvalue weighted by molar-refractivity contribution is 6.41. The van der Waals surface area contributed by atoms with Gasteiger partial charge >= 0.3 is 6.03 Å². The summed E-state index contributed by atoms with van der Waals surface area (Å²) in [5.74, 6) is 0. The topological polar surface area (TPSA) is 73.8 Å². The first-order chi connectivity index (χ1) is 11.5. The van der Waals surface area contributed by atoms with Crippen molar-refractivity contribution in [1.82, 2.24) is 15.5 Å². The molecule has 1 aliphatic rings. The van der Waals surface area contributed by atoms with E-state index in [0.717, 1.165) is 26.3 Å². The summed E-state index contributed by atoms with van der Waals surface area (Å²) in [5, 5.41) is 15.2. The fourth-order valence-corrected chi connectivity index (χ4v) is 1.82. The molecule has 138 valence electrons. The van der Waals surface area contributed by atoms with Crippen LogP contribution in [0.1, 0.15) is 6.42 Å². The lowest BCUT2D eigenvalue weighted by Crippen LogP contribution is -2.36. The Morgan fingerprint density at radius 3 is 2.42 bits per heavy atom. The lowest BCUT2D eigenvalue weighted by atomic mass is 10.4. The lowest BCUT2D eigenvalue weighted by Gasteiger charge is -2.13. The number of ether oxygens (including phenoxy) is 1. The van der Waals surface area contributed by atoms with E-state index >= 15 is 0 Å². The quantitative estimate of drug-likeness (QED) is 0.736. The molecule has 1 aliphatic heterocycles. The van der Waals surface area contributed by atoms with Crippen LogP contribution in [0.3, 0.4) is 0 Å². The van der Waals surface area contributed by atoms with E-state index in [1.165, 1.54) is 11.3 Å². The van der Waals surface area contributed by atoms with Crippen molar-refractivity contribution in [2.24, 2.45) is 0 Å². The number of nitrogens with zero attached hydrogens (tertiary/aromatic N) is 1. The van der Waals surface area contributed by atoms with E-state index in [2.05, 4.69) is 10.6 Å². The van der Waals surface area contributed by atoms with Crippen molar-refractivity contribution in [3.63, 3.8) is 0 Å². The SMILES string of the molecule is C1CNCCOC1.CNC(=O)N(C)CCO.Clc1ccccc1Cl. The second kappa shape index (κ2) is 15.5. The number of nitrogens with one attached hydrogen (secondary N) is 2. The first-order valence-electron chi connectivity index (χ1n) is 7.75. The monoisotopic (exact) mass is 379 g/mol. The van der Waals surface area contributed by atoms with Gasteiger partial charge in [-0.2, -0.15) is 0 Å². The summed E-state index contributed by atoms with van der Waals surface area (Å²) in [7, 11) is 3.17. The number of hydrogen-bond donors (Lipinski definition) is 3. The summed E-state index contributed by atoms with van der Waals surface area (Å²) in [6.07, 6.45) is 1.17. The second-order valence-corrected chi connectivity index (χ2v) is 5.64. The molecule has 2 amide bonds. The number of carbonyl (C=O) groups is 1.